The first-order valence-electron chi connectivity index (χ1n) is 21.6. The van der Waals surface area contributed by atoms with Crippen LogP contribution >= 0.6 is 46.4 Å². The lowest BCUT2D eigenvalue weighted by molar-refractivity contribution is -0.352. The fraction of sp³-hybridized carbons (Fsp3) is 0.522. The summed E-state index contributed by atoms with van der Waals surface area (Å²) < 4.78 is 58.8. The number of nitrogens with one attached hydrogen (secondary N) is 1. The van der Waals surface area contributed by atoms with Gasteiger partial charge in [-0.3, -0.25) is 9.59 Å². The zero-order chi connectivity index (χ0) is 48.2. The molecule has 2 saturated heterocycles. The summed E-state index contributed by atoms with van der Waals surface area (Å²) in [5, 5.41) is 14.1. The Kier molecular flexibility index (Phi) is 22.6. The van der Waals surface area contributed by atoms with E-state index < -0.39 is 108 Å². The molecule has 3 aromatic rings. The summed E-state index contributed by atoms with van der Waals surface area (Å²) in [6.07, 6.45) is -9.75. The summed E-state index contributed by atoms with van der Waals surface area (Å²) in [5.74, 6) is -2.59. The number of aliphatic hydroxyl groups is 1. The monoisotopic (exact) mass is 1020 g/mol. The zero-order valence-corrected chi connectivity index (χ0v) is 39.7. The number of amides is 1. The first-order chi connectivity index (χ1) is 32.2. The van der Waals surface area contributed by atoms with Crippen LogP contribution < -0.4 is 11.1 Å². The molecule has 2 heterocycles. The van der Waals surface area contributed by atoms with Gasteiger partial charge in [0.1, 0.15) is 62.3 Å². The number of alkyl carbamates (subject to hydrolysis) is 1. The molecule has 21 heteroatoms. The topological polar surface area (TPSA) is 219 Å². The van der Waals surface area contributed by atoms with Crippen LogP contribution in [0.4, 0.5) is 4.79 Å². The lowest BCUT2D eigenvalue weighted by atomic mass is 9.95. The highest BCUT2D eigenvalue weighted by molar-refractivity contribution is 6.67. The number of rotatable bonds is 24. The van der Waals surface area contributed by atoms with E-state index in [4.69, 9.17) is 99.5 Å². The third-order valence-corrected chi connectivity index (χ3v) is 10.9. The van der Waals surface area contributed by atoms with Gasteiger partial charge >= 0.3 is 24.0 Å². The normalized spacial score (nSPS) is 25.1. The summed E-state index contributed by atoms with van der Waals surface area (Å²) in [5.41, 5.74) is 8.59. The minimum atomic E-state index is -1.73. The largest absolute Gasteiger partial charge is 0.463 e. The number of hydrogen-bond donors (Lipinski definition) is 3. The Hall–Kier alpha value is -3.82. The third-order valence-electron chi connectivity index (χ3n) is 10.4. The second-order valence-electron chi connectivity index (χ2n) is 15.5. The summed E-state index contributed by atoms with van der Waals surface area (Å²) >= 11 is 22.7. The van der Waals surface area contributed by atoms with Gasteiger partial charge in [0.05, 0.1) is 24.8 Å². The molecule has 17 nitrogen and oxygen atoms in total. The van der Waals surface area contributed by atoms with Gasteiger partial charge in [-0.1, -0.05) is 127 Å². The molecule has 368 valence electrons. The van der Waals surface area contributed by atoms with Crippen molar-refractivity contribution in [2.45, 2.75) is 111 Å². The van der Waals surface area contributed by atoms with Gasteiger partial charge in [0.2, 0.25) is 3.79 Å². The van der Waals surface area contributed by atoms with E-state index in [2.05, 4.69) is 5.32 Å². The fourth-order valence-electron chi connectivity index (χ4n) is 7.07. The van der Waals surface area contributed by atoms with Crippen LogP contribution in [0.3, 0.4) is 0 Å². The lowest BCUT2D eigenvalue weighted by Crippen LogP contribution is -2.67. The van der Waals surface area contributed by atoms with Crippen molar-refractivity contribution in [2.75, 3.05) is 38.9 Å². The maximum Gasteiger partial charge on any atom is 0.407 e. The van der Waals surface area contributed by atoms with E-state index in [9.17, 15) is 24.3 Å². The van der Waals surface area contributed by atoms with Crippen LogP contribution in [0.25, 0.3) is 0 Å². The average Bonchev–Trinajstić information content (AvgIpc) is 3.32. The van der Waals surface area contributed by atoms with Crippen LogP contribution in [-0.4, -0.2) is 133 Å². The van der Waals surface area contributed by atoms with E-state index >= 15 is 0 Å². The Bertz CT molecular complexity index is 1960. The molecule has 2 fully saturated rings. The highest BCUT2D eigenvalue weighted by Crippen LogP contribution is 2.35. The van der Waals surface area contributed by atoms with Crippen LogP contribution in [0.1, 0.15) is 54.1 Å². The Morgan fingerprint density at radius 3 is 1.90 bits per heavy atom. The van der Waals surface area contributed by atoms with Gasteiger partial charge in [-0.05, 0) is 36.1 Å². The Morgan fingerprint density at radius 1 is 0.701 bits per heavy atom. The number of carbonyl (C=O) groups is 4. The number of unbranched alkanes of at least 4 members (excludes halogenated alkanes) is 3. The zero-order valence-electron chi connectivity index (χ0n) is 36.7. The molecule has 1 amide bonds. The third kappa shape index (κ3) is 18.2. The smallest absolute Gasteiger partial charge is 0.407 e. The van der Waals surface area contributed by atoms with E-state index in [1.807, 2.05) is 60.7 Å². The minimum Gasteiger partial charge on any atom is -0.463 e. The highest BCUT2D eigenvalue weighted by Gasteiger charge is 2.54. The van der Waals surface area contributed by atoms with Gasteiger partial charge < -0.3 is 63.5 Å². The number of esters is 3. The summed E-state index contributed by atoms with van der Waals surface area (Å²) in [4.78, 5) is 50.3. The Balaban J connectivity index is 1.42. The standard InChI is InChI=1S/C46H56Cl4N2O15/c1-29(53)59-26-33-37(55)39(61-24-30-15-7-4-8-16-30)36(51)43(64-33)67-38-34(27-60-35(54)23-47)65-44(58-22-14-3-2-13-21-52-45(57)63-28-46(48,49)50)41(66-42(56)32-19-11-6-12-20-32)40(38)62-25-31-17-9-5-10-18-31/h4-12,15-20,33-34,36-41,43-44,55H,2-3,13-14,21-28,51H2,1H3,(H,52,57). The van der Waals surface area contributed by atoms with Crippen molar-refractivity contribution in [1.82, 2.24) is 5.32 Å². The molecule has 2 aliphatic heterocycles. The fourth-order valence-corrected chi connectivity index (χ4v) is 7.31. The van der Waals surface area contributed by atoms with Crippen LogP contribution in [0, 0.1) is 0 Å². The predicted molar refractivity (Wildman–Crippen MR) is 244 cm³/mol. The SMILES string of the molecule is CC(=O)OCC1OC(OC2C(COC(=O)CCl)OC(OCCCCCCNC(=O)OCC(Cl)(Cl)Cl)C(OC(=O)c3ccccc3)C2OCc2ccccc2)C(N)C(OCc2ccccc2)C1O. The number of aliphatic hydroxyl groups excluding tert-OH is 1. The summed E-state index contributed by atoms with van der Waals surface area (Å²) in [6.45, 7) is 0.448. The molecule has 0 saturated carbocycles. The predicted octanol–water partition coefficient (Wildman–Crippen LogP) is 5.92. The van der Waals surface area contributed by atoms with Crippen molar-refractivity contribution < 1.29 is 71.7 Å². The van der Waals surface area contributed by atoms with E-state index in [1.54, 1.807) is 30.3 Å². The molecule has 2 aliphatic rings. The number of ether oxygens (including phenoxy) is 10. The van der Waals surface area contributed by atoms with Gasteiger partial charge in [-0.25, -0.2) is 9.59 Å². The van der Waals surface area contributed by atoms with Crippen molar-refractivity contribution in [1.29, 1.82) is 0 Å². The number of carbonyl (C=O) groups excluding carboxylic acids is 4. The molecule has 0 bridgehead atoms. The van der Waals surface area contributed by atoms with Crippen LogP contribution in [0.2, 0.25) is 0 Å². The molecule has 4 N–H and O–H groups in total. The summed E-state index contributed by atoms with van der Waals surface area (Å²) in [6, 6.07) is 25.5. The number of halogens is 4. The molecule has 0 spiro atoms. The molecule has 10 atom stereocenters. The quantitative estimate of drug-likeness (QED) is 0.0410. The summed E-state index contributed by atoms with van der Waals surface area (Å²) in [7, 11) is 0. The molecular formula is C46H56Cl4N2O15. The van der Waals surface area contributed by atoms with Crippen LogP contribution in [-0.2, 0) is 70.2 Å². The number of hydrogen-bond acceptors (Lipinski definition) is 16. The molecule has 0 aromatic heterocycles. The van der Waals surface area contributed by atoms with E-state index in [-0.39, 0.29) is 32.0 Å². The molecule has 0 aliphatic carbocycles. The van der Waals surface area contributed by atoms with Crippen molar-refractivity contribution in [3.63, 3.8) is 0 Å². The molecule has 3 aromatic carbocycles. The molecule has 5 rings (SSSR count). The first-order valence-corrected chi connectivity index (χ1v) is 23.3. The number of alkyl halides is 4. The van der Waals surface area contributed by atoms with Crippen molar-refractivity contribution in [3.8, 4) is 0 Å². The van der Waals surface area contributed by atoms with Gasteiger partial charge in [-0.15, -0.1) is 11.6 Å². The van der Waals surface area contributed by atoms with E-state index in [0.29, 0.717) is 32.2 Å². The molecule has 0 radical (unpaired) electrons. The lowest BCUT2D eigenvalue weighted by Gasteiger charge is -2.48. The Labute approximate surface area is 408 Å². The van der Waals surface area contributed by atoms with Crippen molar-refractivity contribution >= 4 is 70.4 Å². The van der Waals surface area contributed by atoms with Crippen LogP contribution in [0.15, 0.2) is 91.0 Å². The van der Waals surface area contributed by atoms with Gasteiger partial charge in [0.25, 0.3) is 0 Å². The second kappa shape index (κ2) is 28.0. The van der Waals surface area contributed by atoms with Gasteiger partial charge in [0, 0.05) is 20.1 Å². The number of nitrogens with two attached hydrogens (primary N) is 1. The highest BCUT2D eigenvalue weighted by atomic mass is 35.6. The second-order valence-corrected chi connectivity index (χ2v) is 18.3. The van der Waals surface area contributed by atoms with Gasteiger partial charge in [0.15, 0.2) is 18.7 Å². The Morgan fingerprint density at radius 2 is 1.28 bits per heavy atom. The van der Waals surface area contributed by atoms with E-state index in [0.717, 1.165) is 11.1 Å². The molecular weight excluding hydrogens is 962 g/mol. The molecule has 10 unspecified atom stereocenters. The van der Waals surface area contributed by atoms with Crippen molar-refractivity contribution in [2.24, 2.45) is 5.73 Å². The minimum absolute atomic E-state index is 0.0219. The first kappa shape index (κ1) is 54.1. The van der Waals surface area contributed by atoms with Crippen LogP contribution in [0.5, 0.6) is 0 Å². The maximum absolute atomic E-state index is 13.9. The van der Waals surface area contributed by atoms with Gasteiger partial charge in [-0.2, -0.15) is 0 Å². The maximum atomic E-state index is 13.9. The van der Waals surface area contributed by atoms with E-state index in [1.165, 1.54) is 6.92 Å². The molecule has 67 heavy (non-hydrogen) atoms. The van der Waals surface area contributed by atoms with Crippen molar-refractivity contribution in [3.05, 3.63) is 108 Å². The average molecular weight is 1020 g/mol. The number of benzene rings is 3.